The van der Waals surface area contributed by atoms with Crippen LogP contribution < -0.4 is 5.32 Å². The van der Waals surface area contributed by atoms with Gasteiger partial charge in [0.15, 0.2) is 0 Å². The topological polar surface area (TPSA) is 59.4 Å². The number of nitrogens with one attached hydrogen (secondary N) is 1. The van der Waals surface area contributed by atoms with Gasteiger partial charge in [0.25, 0.3) is 0 Å². The van der Waals surface area contributed by atoms with Gasteiger partial charge >= 0.3 is 0 Å². The zero-order valence-corrected chi connectivity index (χ0v) is 15.5. The van der Waals surface area contributed by atoms with E-state index in [-0.39, 0.29) is 5.91 Å². The average molecular weight is 348 g/mol. The fraction of sp³-hybridized carbons (Fsp3) is 0.789. The molecular weight excluding hydrogens is 316 g/mol. The lowest BCUT2D eigenvalue weighted by atomic mass is 9.99. The van der Waals surface area contributed by atoms with Crippen molar-refractivity contribution in [2.75, 3.05) is 39.4 Å². The number of amides is 1. The maximum absolute atomic E-state index is 12.2. The molecule has 0 spiro atoms. The molecule has 0 saturated carbocycles. The van der Waals surface area contributed by atoms with Crippen LogP contribution in [0.15, 0.2) is 6.20 Å². The Morgan fingerprint density at radius 3 is 2.68 bits per heavy atom. The molecule has 140 valence electrons. The fourth-order valence-corrected chi connectivity index (χ4v) is 3.91. The monoisotopic (exact) mass is 348 g/mol. The summed E-state index contributed by atoms with van der Waals surface area (Å²) >= 11 is 0. The first-order chi connectivity index (χ1) is 12.2. The molecule has 1 aromatic heterocycles. The van der Waals surface area contributed by atoms with Crippen molar-refractivity contribution in [1.82, 2.24) is 19.8 Å². The first kappa shape index (κ1) is 18.4. The summed E-state index contributed by atoms with van der Waals surface area (Å²) in [6, 6.07) is 0. The molecule has 1 amide bonds. The normalized spacial score (nSPS) is 20.4. The van der Waals surface area contributed by atoms with Crippen molar-refractivity contribution in [2.45, 2.75) is 57.9 Å². The summed E-state index contributed by atoms with van der Waals surface area (Å²) < 4.78 is 7.73. The van der Waals surface area contributed by atoms with Gasteiger partial charge < -0.3 is 14.6 Å². The van der Waals surface area contributed by atoms with E-state index in [0.717, 1.165) is 51.5 Å². The van der Waals surface area contributed by atoms with Crippen molar-refractivity contribution in [3.63, 3.8) is 0 Å². The minimum absolute atomic E-state index is 0.146. The van der Waals surface area contributed by atoms with Crippen LogP contribution in [-0.4, -0.2) is 59.8 Å². The summed E-state index contributed by atoms with van der Waals surface area (Å²) in [6.45, 7) is 7.85. The maximum Gasteiger partial charge on any atom is 0.234 e. The first-order valence-corrected chi connectivity index (χ1v) is 9.83. The molecule has 2 aliphatic rings. The van der Waals surface area contributed by atoms with Crippen LogP contribution >= 0.6 is 0 Å². The molecule has 0 atom stereocenters. The molecule has 6 heteroatoms. The highest BCUT2D eigenvalue weighted by Crippen LogP contribution is 2.26. The second-order valence-electron chi connectivity index (χ2n) is 7.34. The standard InChI is InChI=1S/C19H32N4O2/c1-16-14-21-19(17-6-12-25-13-7-17)23(16)11-8-20-18(24)15-22-9-4-2-3-5-10-22/h14,17H,2-13,15H2,1H3,(H,20,24). The minimum Gasteiger partial charge on any atom is -0.381 e. The molecule has 0 bridgehead atoms. The third-order valence-corrected chi connectivity index (χ3v) is 5.40. The van der Waals surface area contributed by atoms with E-state index in [1.807, 2.05) is 6.20 Å². The van der Waals surface area contributed by atoms with Crippen LogP contribution in [0.1, 0.15) is 56.0 Å². The lowest BCUT2D eigenvalue weighted by Crippen LogP contribution is -2.39. The number of nitrogens with zero attached hydrogens (tertiary/aromatic N) is 3. The van der Waals surface area contributed by atoms with E-state index in [1.165, 1.54) is 31.4 Å². The number of imidazole rings is 1. The number of rotatable bonds is 6. The number of hydrogen-bond acceptors (Lipinski definition) is 4. The van der Waals surface area contributed by atoms with Crippen LogP contribution in [-0.2, 0) is 16.1 Å². The molecule has 3 rings (SSSR count). The van der Waals surface area contributed by atoms with Gasteiger partial charge in [0.2, 0.25) is 5.91 Å². The second-order valence-corrected chi connectivity index (χ2v) is 7.34. The van der Waals surface area contributed by atoms with Gasteiger partial charge in [-0.3, -0.25) is 9.69 Å². The number of carbonyl (C=O) groups is 1. The first-order valence-electron chi connectivity index (χ1n) is 9.83. The van der Waals surface area contributed by atoms with Crippen LogP contribution in [0.25, 0.3) is 0 Å². The summed E-state index contributed by atoms with van der Waals surface area (Å²) in [5.41, 5.74) is 1.17. The summed E-state index contributed by atoms with van der Waals surface area (Å²) in [5, 5.41) is 3.09. The Kier molecular flexibility index (Phi) is 6.87. The molecule has 2 fully saturated rings. The largest absolute Gasteiger partial charge is 0.381 e. The predicted molar refractivity (Wildman–Crippen MR) is 97.7 cm³/mol. The van der Waals surface area contributed by atoms with Crippen molar-refractivity contribution >= 4 is 5.91 Å². The molecule has 6 nitrogen and oxygen atoms in total. The lowest BCUT2D eigenvalue weighted by Gasteiger charge is -2.23. The molecule has 1 aromatic rings. The summed E-state index contributed by atoms with van der Waals surface area (Å²) in [5.74, 6) is 1.78. The third kappa shape index (κ3) is 5.28. The number of carbonyl (C=O) groups excluding carboxylic acids is 1. The molecule has 0 radical (unpaired) electrons. The van der Waals surface area contributed by atoms with Gasteiger partial charge in [0.05, 0.1) is 6.54 Å². The van der Waals surface area contributed by atoms with E-state index in [2.05, 4.69) is 26.7 Å². The molecule has 2 saturated heterocycles. The smallest absolute Gasteiger partial charge is 0.234 e. The van der Waals surface area contributed by atoms with E-state index in [4.69, 9.17) is 4.74 Å². The number of aromatic nitrogens is 2. The predicted octanol–water partition coefficient (Wildman–Crippen LogP) is 2.08. The maximum atomic E-state index is 12.2. The van der Waals surface area contributed by atoms with Gasteiger partial charge in [-0.05, 0) is 45.7 Å². The van der Waals surface area contributed by atoms with Crippen LogP contribution in [0, 0.1) is 6.92 Å². The van der Waals surface area contributed by atoms with Crippen LogP contribution in [0.4, 0.5) is 0 Å². The molecular formula is C19H32N4O2. The zero-order valence-electron chi connectivity index (χ0n) is 15.5. The summed E-state index contributed by atoms with van der Waals surface area (Å²) in [6.07, 6.45) is 9.06. The molecule has 1 N–H and O–H groups in total. The lowest BCUT2D eigenvalue weighted by molar-refractivity contribution is -0.122. The van der Waals surface area contributed by atoms with Crippen molar-refractivity contribution in [2.24, 2.45) is 0 Å². The molecule has 25 heavy (non-hydrogen) atoms. The van der Waals surface area contributed by atoms with E-state index in [1.54, 1.807) is 0 Å². The Hall–Kier alpha value is -1.40. The summed E-state index contributed by atoms with van der Waals surface area (Å²) in [7, 11) is 0. The van der Waals surface area contributed by atoms with Gasteiger partial charge in [0.1, 0.15) is 5.82 Å². The third-order valence-electron chi connectivity index (χ3n) is 5.40. The van der Waals surface area contributed by atoms with Crippen molar-refractivity contribution in [3.8, 4) is 0 Å². The quantitative estimate of drug-likeness (QED) is 0.855. The molecule has 2 aliphatic heterocycles. The van der Waals surface area contributed by atoms with Gasteiger partial charge in [-0.2, -0.15) is 0 Å². The van der Waals surface area contributed by atoms with Crippen molar-refractivity contribution in [1.29, 1.82) is 0 Å². The van der Waals surface area contributed by atoms with E-state index < -0.39 is 0 Å². The van der Waals surface area contributed by atoms with Crippen LogP contribution in [0.3, 0.4) is 0 Å². The Bertz CT molecular complexity index is 544. The molecule has 0 aliphatic carbocycles. The SMILES string of the molecule is Cc1cnc(C2CCOCC2)n1CCNC(=O)CN1CCCCCC1. The van der Waals surface area contributed by atoms with Crippen LogP contribution in [0.2, 0.25) is 0 Å². The fourth-order valence-electron chi connectivity index (χ4n) is 3.91. The Balaban J connectivity index is 1.46. The second kappa shape index (κ2) is 9.34. The van der Waals surface area contributed by atoms with E-state index in [0.29, 0.717) is 19.0 Å². The number of aryl methyl sites for hydroxylation is 1. The van der Waals surface area contributed by atoms with Gasteiger partial charge in [-0.25, -0.2) is 4.98 Å². The highest BCUT2D eigenvalue weighted by molar-refractivity contribution is 5.77. The highest BCUT2D eigenvalue weighted by Gasteiger charge is 2.21. The van der Waals surface area contributed by atoms with Crippen molar-refractivity contribution < 1.29 is 9.53 Å². The molecule has 0 aromatic carbocycles. The Morgan fingerprint density at radius 1 is 1.24 bits per heavy atom. The van der Waals surface area contributed by atoms with E-state index >= 15 is 0 Å². The molecule has 0 unspecified atom stereocenters. The van der Waals surface area contributed by atoms with Gasteiger partial charge in [-0.15, -0.1) is 0 Å². The molecule has 3 heterocycles. The Morgan fingerprint density at radius 2 is 1.96 bits per heavy atom. The number of ether oxygens (including phenoxy) is 1. The summed E-state index contributed by atoms with van der Waals surface area (Å²) in [4.78, 5) is 19.1. The number of hydrogen-bond donors (Lipinski definition) is 1. The zero-order chi connectivity index (χ0) is 17.5. The number of likely N-dealkylation sites (tertiary alicyclic amines) is 1. The average Bonchev–Trinajstić information content (AvgIpc) is 2.82. The van der Waals surface area contributed by atoms with E-state index in [9.17, 15) is 4.79 Å². The Labute approximate surface area is 150 Å². The van der Waals surface area contributed by atoms with Gasteiger partial charge in [0, 0.05) is 44.1 Å². The highest BCUT2D eigenvalue weighted by atomic mass is 16.5. The minimum atomic E-state index is 0.146. The van der Waals surface area contributed by atoms with Crippen LogP contribution in [0.5, 0.6) is 0 Å². The van der Waals surface area contributed by atoms with Gasteiger partial charge in [-0.1, -0.05) is 12.8 Å². The van der Waals surface area contributed by atoms with Crippen molar-refractivity contribution in [3.05, 3.63) is 17.7 Å².